The SMILES string of the molecule is CCCCCOCn1cc(C(=O)OC)c2cc(N3CCCc4cc(-c5cnn(C)c5)c(C(F)F)cc43)nc(C)c21. The van der Waals surface area contributed by atoms with Gasteiger partial charge in [0.05, 0.1) is 30.1 Å². The van der Waals surface area contributed by atoms with E-state index in [1.54, 1.807) is 36.4 Å². The number of aromatic nitrogens is 4. The van der Waals surface area contributed by atoms with Crippen molar-refractivity contribution >= 4 is 28.4 Å². The first-order valence-corrected chi connectivity index (χ1v) is 13.7. The van der Waals surface area contributed by atoms with Gasteiger partial charge < -0.3 is 18.9 Å². The second-order valence-corrected chi connectivity index (χ2v) is 10.2. The third-order valence-corrected chi connectivity index (χ3v) is 7.44. The summed E-state index contributed by atoms with van der Waals surface area (Å²) in [5, 5.41) is 4.87. The van der Waals surface area contributed by atoms with Crippen molar-refractivity contribution in [3.8, 4) is 11.1 Å². The second-order valence-electron chi connectivity index (χ2n) is 10.2. The normalized spacial score (nSPS) is 13.3. The van der Waals surface area contributed by atoms with E-state index in [-0.39, 0.29) is 5.56 Å². The molecule has 0 unspecified atom stereocenters. The number of ether oxygens (including phenoxy) is 2. The smallest absolute Gasteiger partial charge is 0.340 e. The number of rotatable bonds is 10. The first-order valence-electron chi connectivity index (χ1n) is 13.7. The Kier molecular flexibility index (Phi) is 8.16. The Bertz CT molecular complexity index is 1530. The van der Waals surface area contributed by atoms with Crippen molar-refractivity contribution in [2.75, 3.05) is 25.2 Å². The number of carbonyl (C=O) groups excluding carboxylic acids is 1. The molecule has 40 heavy (non-hydrogen) atoms. The maximum atomic E-state index is 14.3. The second kappa shape index (κ2) is 11.8. The number of fused-ring (bicyclic) bond motifs is 2. The summed E-state index contributed by atoms with van der Waals surface area (Å²) in [6, 6.07) is 5.30. The van der Waals surface area contributed by atoms with Gasteiger partial charge in [0.25, 0.3) is 6.43 Å². The molecule has 0 amide bonds. The van der Waals surface area contributed by atoms with Gasteiger partial charge in [0.2, 0.25) is 0 Å². The molecule has 10 heteroatoms. The predicted molar refractivity (Wildman–Crippen MR) is 150 cm³/mol. The standard InChI is InChI=1S/C30H35F2N5O3/c1-5-6-7-11-40-18-36-17-25(30(38)39-4)23-14-27(34-19(2)28(23)36)37-10-8-9-20-12-22(21-15-33-35(3)16-21)24(29(31)32)13-26(20)37/h12-17,29H,5-11,18H2,1-4H3. The van der Waals surface area contributed by atoms with Gasteiger partial charge in [0.15, 0.2) is 0 Å². The van der Waals surface area contributed by atoms with E-state index in [2.05, 4.69) is 12.0 Å². The molecule has 1 aromatic carbocycles. The van der Waals surface area contributed by atoms with Crippen LogP contribution in [0.5, 0.6) is 0 Å². The Morgan fingerprint density at radius 1 is 1.18 bits per heavy atom. The number of hydrogen-bond donors (Lipinski definition) is 0. The molecule has 0 saturated heterocycles. The summed E-state index contributed by atoms with van der Waals surface area (Å²) in [4.78, 5) is 19.6. The van der Waals surface area contributed by atoms with Crippen LogP contribution in [0.4, 0.5) is 20.3 Å². The van der Waals surface area contributed by atoms with Gasteiger partial charge in [-0.05, 0) is 55.5 Å². The van der Waals surface area contributed by atoms with Crippen LogP contribution in [0.25, 0.3) is 22.0 Å². The third kappa shape index (κ3) is 5.32. The number of carbonyl (C=O) groups is 1. The number of hydrogen-bond acceptors (Lipinski definition) is 6. The minimum Gasteiger partial charge on any atom is -0.465 e. The van der Waals surface area contributed by atoms with E-state index in [9.17, 15) is 13.6 Å². The van der Waals surface area contributed by atoms with Gasteiger partial charge in [0, 0.05) is 54.8 Å². The number of nitrogens with zero attached hydrogens (tertiary/aromatic N) is 5. The summed E-state index contributed by atoms with van der Waals surface area (Å²) in [5.74, 6) is 0.151. The highest BCUT2D eigenvalue weighted by Gasteiger charge is 2.27. The molecule has 0 aliphatic carbocycles. The number of aryl methyl sites for hydroxylation is 3. The average molecular weight is 552 g/mol. The molecule has 4 aromatic rings. The lowest BCUT2D eigenvalue weighted by molar-refractivity contribution is 0.0599. The number of halogens is 2. The monoisotopic (exact) mass is 551 g/mol. The minimum absolute atomic E-state index is 0.0434. The largest absolute Gasteiger partial charge is 0.465 e. The van der Waals surface area contributed by atoms with E-state index in [0.29, 0.717) is 59.2 Å². The molecule has 0 bridgehead atoms. The molecule has 1 aliphatic heterocycles. The van der Waals surface area contributed by atoms with Crippen molar-refractivity contribution in [3.63, 3.8) is 0 Å². The molecule has 3 aromatic heterocycles. The molecular weight excluding hydrogens is 516 g/mol. The van der Waals surface area contributed by atoms with Gasteiger partial charge in [-0.3, -0.25) is 4.68 Å². The third-order valence-electron chi connectivity index (χ3n) is 7.44. The van der Waals surface area contributed by atoms with Crippen LogP contribution in [0.2, 0.25) is 0 Å². The molecule has 0 fully saturated rings. The molecule has 4 heterocycles. The van der Waals surface area contributed by atoms with Crippen LogP contribution in [0.1, 0.15) is 66.2 Å². The highest BCUT2D eigenvalue weighted by molar-refractivity contribution is 6.05. The van der Waals surface area contributed by atoms with Crippen LogP contribution < -0.4 is 4.90 Å². The highest BCUT2D eigenvalue weighted by Crippen LogP contribution is 2.41. The summed E-state index contributed by atoms with van der Waals surface area (Å²) < 4.78 is 43.1. The Hall–Kier alpha value is -3.79. The predicted octanol–water partition coefficient (Wildman–Crippen LogP) is 6.72. The van der Waals surface area contributed by atoms with E-state index in [0.717, 1.165) is 43.2 Å². The highest BCUT2D eigenvalue weighted by atomic mass is 19.3. The Balaban J connectivity index is 1.57. The van der Waals surface area contributed by atoms with Crippen LogP contribution in [0, 0.1) is 6.92 Å². The van der Waals surface area contributed by atoms with E-state index in [1.165, 1.54) is 7.11 Å². The average Bonchev–Trinajstić information content (AvgIpc) is 3.55. The zero-order valence-electron chi connectivity index (χ0n) is 23.4. The number of benzene rings is 1. The van der Waals surface area contributed by atoms with Crippen LogP contribution >= 0.6 is 0 Å². The molecule has 8 nitrogen and oxygen atoms in total. The van der Waals surface area contributed by atoms with Gasteiger partial charge in [-0.1, -0.05) is 19.8 Å². The summed E-state index contributed by atoms with van der Waals surface area (Å²) in [6.45, 7) is 5.57. The summed E-state index contributed by atoms with van der Waals surface area (Å²) in [5.41, 5.74) is 4.71. The molecule has 0 saturated carbocycles. The lowest BCUT2D eigenvalue weighted by atomic mass is 9.93. The molecule has 0 spiro atoms. The first-order chi connectivity index (χ1) is 19.3. The Morgan fingerprint density at radius 2 is 2.00 bits per heavy atom. The van der Waals surface area contributed by atoms with Crippen molar-refractivity contribution in [3.05, 3.63) is 59.2 Å². The van der Waals surface area contributed by atoms with Gasteiger partial charge in [-0.15, -0.1) is 0 Å². The van der Waals surface area contributed by atoms with Crippen LogP contribution in [0.15, 0.2) is 36.8 Å². The maximum absolute atomic E-state index is 14.3. The van der Waals surface area contributed by atoms with Gasteiger partial charge in [-0.2, -0.15) is 5.10 Å². The quantitative estimate of drug-likeness (QED) is 0.161. The number of pyridine rings is 1. The van der Waals surface area contributed by atoms with Crippen molar-refractivity contribution in [1.82, 2.24) is 19.3 Å². The molecular formula is C30H35F2N5O3. The van der Waals surface area contributed by atoms with E-state index < -0.39 is 12.4 Å². The maximum Gasteiger partial charge on any atom is 0.340 e. The zero-order valence-corrected chi connectivity index (χ0v) is 23.4. The Labute approximate surface area is 232 Å². The fraction of sp³-hybridized carbons (Fsp3) is 0.433. The first kappa shape index (κ1) is 27.8. The fourth-order valence-corrected chi connectivity index (χ4v) is 5.51. The molecule has 0 atom stereocenters. The van der Waals surface area contributed by atoms with Crippen LogP contribution in [-0.2, 0) is 29.7 Å². The number of methoxy groups -OCH3 is 1. The van der Waals surface area contributed by atoms with E-state index >= 15 is 0 Å². The summed E-state index contributed by atoms with van der Waals surface area (Å²) in [7, 11) is 3.12. The number of anilines is 2. The van der Waals surface area contributed by atoms with Crippen LogP contribution in [-0.4, -0.2) is 45.6 Å². The van der Waals surface area contributed by atoms with E-state index in [1.807, 2.05) is 28.5 Å². The van der Waals surface area contributed by atoms with Crippen molar-refractivity contribution in [2.45, 2.75) is 59.1 Å². The molecule has 212 valence electrons. The van der Waals surface area contributed by atoms with Crippen molar-refractivity contribution in [1.29, 1.82) is 0 Å². The lowest BCUT2D eigenvalue weighted by Gasteiger charge is -2.32. The number of unbranched alkanes of at least 4 members (excludes halogenated alkanes) is 2. The van der Waals surface area contributed by atoms with Gasteiger partial charge in [0.1, 0.15) is 12.5 Å². The van der Waals surface area contributed by atoms with Crippen molar-refractivity contribution < 1.29 is 23.0 Å². The zero-order chi connectivity index (χ0) is 28.4. The molecule has 1 aliphatic rings. The molecule has 5 rings (SSSR count). The van der Waals surface area contributed by atoms with Gasteiger partial charge in [-0.25, -0.2) is 18.6 Å². The van der Waals surface area contributed by atoms with Gasteiger partial charge >= 0.3 is 5.97 Å². The fourth-order valence-electron chi connectivity index (χ4n) is 5.51. The Morgan fingerprint density at radius 3 is 2.70 bits per heavy atom. The number of esters is 1. The van der Waals surface area contributed by atoms with E-state index in [4.69, 9.17) is 14.5 Å². The topological polar surface area (TPSA) is 74.4 Å². The molecule has 0 radical (unpaired) electrons. The lowest BCUT2D eigenvalue weighted by Crippen LogP contribution is -2.26. The summed E-state index contributed by atoms with van der Waals surface area (Å²) in [6.07, 6.45) is 7.23. The minimum atomic E-state index is -2.65. The molecule has 0 N–H and O–H groups in total. The van der Waals surface area contributed by atoms with Crippen molar-refractivity contribution in [2.24, 2.45) is 7.05 Å². The summed E-state index contributed by atoms with van der Waals surface area (Å²) >= 11 is 0. The van der Waals surface area contributed by atoms with Crippen LogP contribution in [0.3, 0.4) is 0 Å². The number of alkyl halides is 2.